The maximum absolute atomic E-state index is 13.1. The normalized spacial score (nSPS) is 12.1. The van der Waals surface area contributed by atoms with E-state index in [0.717, 1.165) is 10.2 Å². The molecule has 0 saturated carbocycles. The van der Waals surface area contributed by atoms with E-state index in [4.69, 9.17) is 16.3 Å². The molecule has 0 aliphatic rings. The minimum Gasteiger partial charge on any atom is -0.383 e. The monoisotopic (exact) mass is 423 g/mol. The van der Waals surface area contributed by atoms with Crippen LogP contribution in [0.2, 0.25) is 5.02 Å². The lowest BCUT2D eigenvalue weighted by Crippen LogP contribution is -2.10. The number of benzene rings is 1. The van der Waals surface area contributed by atoms with Crippen molar-refractivity contribution in [2.24, 2.45) is 0 Å². The lowest BCUT2D eigenvalue weighted by atomic mass is 10.4. The van der Waals surface area contributed by atoms with E-state index in [0.29, 0.717) is 24.0 Å². The highest BCUT2D eigenvalue weighted by molar-refractivity contribution is 7.91. The summed E-state index contributed by atoms with van der Waals surface area (Å²) in [5.74, 6) is 0.564. The number of nitrogens with one attached hydrogen (secondary N) is 1. The van der Waals surface area contributed by atoms with Gasteiger partial charge in [0.1, 0.15) is 5.82 Å². The van der Waals surface area contributed by atoms with E-state index >= 15 is 0 Å². The Morgan fingerprint density at radius 1 is 1.33 bits per heavy atom. The quantitative estimate of drug-likeness (QED) is 0.476. The van der Waals surface area contributed by atoms with Crippen LogP contribution < -0.4 is 5.32 Å². The van der Waals surface area contributed by atoms with Gasteiger partial charge < -0.3 is 10.1 Å². The number of methoxy groups -OCH3 is 1. The standard InChI is InChI=1S/C16H14ClN5O3S2/c1-25-7-6-18-14-13-12(5-8-26-13)22-15(19-14)16(20-21-22)27(23,24)11-4-2-3-10(17)9-11/h2-5,8-9H,6-7H2,1H3,(H,18,19). The second-order valence-electron chi connectivity index (χ2n) is 5.61. The highest BCUT2D eigenvalue weighted by atomic mass is 35.5. The molecule has 4 rings (SSSR count). The van der Waals surface area contributed by atoms with E-state index in [1.165, 1.54) is 28.0 Å². The molecule has 4 aromatic rings. The zero-order valence-corrected chi connectivity index (χ0v) is 16.5. The number of sulfone groups is 1. The Labute approximate surface area is 163 Å². The van der Waals surface area contributed by atoms with Gasteiger partial charge in [0.2, 0.25) is 14.9 Å². The number of anilines is 1. The van der Waals surface area contributed by atoms with Gasteiger partial charge in [-0.05, 0) is 29.6 Å². The van der Waals surface area contributed by atoms with E-state index < -0.39 is 9.84 Å². The van der Waals surface area contributed by atoms with Crippen molar-refractivity contribution in [1.29, 1.82) is 0 Å². The summed E-state index contributed by atoms with van der Waals surface area (Å²) in [6.07, 6.45) is 0. The van der Waals surface area contributed by atoms with Crippen molar-refractivity contribution in [2.45, 2.75) is 9.92 Å². The average Bonchev–Trinajstić information content (AvgIpc) is 3.28. The van der Waals surface area contributed by atoms with Gasteiger partial charge in [-0.15, -0.1) is 16.4 Å². The maximum atomic E-state index is 13.1. The third kappa shape index (κ3) is 3.14. The smallest absolute Gasteiger partial charge is 0.229 e. The van der Waals surface area contributed by atoms with Crippen LogP contribution in [0, 0.1) is 0 Å². The second kappa shape index (κ2) is 7.04. The second-order valence-corrected chi connectivity index (χ2v) is 8.82. The van der Waals surface area contributed by atoms with E-state index in [-0.39, 0.29) is 15.6 Å². The number of halogens is 1. The number of thiophene rings is 1. The molecule has 0 atom stereocenters. The summed E-state index contributed by atoms with van der Waals surface area (Å²) >= 11 is 7.43. The predicted octanol–water partition coefficient (Wildman–Crippen LogP) is 2.88. The topological polar surface area (TPSA) is 98.5 Å². The Morgan fingerprint density at radius 3 is 2.96 bits per heavy atom. The fourth-order valence-corrected chi connectivity index (χ4v) is 5.01. The van der Waals surface area contributed by atoms with Gasteiger partial charge in [-0.3, -0.25) is 0 Å². The van der Waals surface area contributed by atoms with Crippen molar-refractivity contribution in [3.8, 4) is 0 Å². The summed E-state index contributed by atoms with van der Waals surface area (Å²) in [4.78, 5) is 4.53. The van der Waals surface area contributed by atoms with Gasteiger partial charge in [0.05, 0.1) is 21.7 Å². The Balaban J connectivity index is 1.91. The van der Waals surface area contributed by atoms with Crippen molar-refractivity contribution >= 4 is 54.5 Å². The van der Waals surface area contributed by atoms with Crippen LogP contribution in [-0.2, 0) is 14.6 Å². The van der Waals surface area contributed by atoms with Gasteiger partial charge in [0.15, 0.2) is 5.65 Å². The molecule has 0 radical (unpaired) electrons. The van der Waals surface area contributed by atoms with Crippen LogP contribution in [0.3, 0.4) is 0 Å². The zero-order valence-electron chi connectivity index (χ0n) is 14.1. The number of nitrogens with zero attached hydrogens (tertiary/aromatic N) is 4. The Bertz CT molecular complexity index is 1240. The van der Waals surface area contributed by atoms with Gasteiger partial charge in [-0.1, -0.05) is 22.9 Å². The molecule has 1 aromatic carbocycles. The average molecular weight is 424 g/mol. The van der Waals surface area contributed by atoms with Crippen LogP contribution >= 0.6 is 22.9 Å². The van der Waals surface area contributed by atoms with Crippen molar-refractivity contribution in [1.82, 2.24) is 19.8 Å². The van der Waals surface area contributed by atoms with E-state index in [9.17, 15) is 8.42 Å². The summed E-state index contributed by atoms with van der Waals surface area (Å²) in [6, 6.07) is 7.87. The molecule has 27 heavy (non-hydrogen) atoms. The number of fused-ring (bicyclic) bond motifs is 3. The molecule has 8 nitrogen and oxygen atoms in total. The van der Waals surface area contributed by atoms with E-state index in [1.807, 2.05) is 11.4 Å². The van der Waals surface area contributed by atoms with Gasteiger partial charge in [-0.2, -0.15) is 4.52 Å². The molecule has 1 N–H and O–H groups in total. The van der Waals surface area contributed by atoms with Crippen LogP contribution in [0.1, 0.15) is 0 Å². The highest BCUT2D eigenvalue weighted by Gasteiger charge is 2.27. The van der Waals surface area contributed by atoms with Crippen LogP contribution in [0.25, 0.3) is 15.9 Å². The van der Waals surface area contributed by atoms with Crippen LogP contribution in [-0.4, -0.2) is 48.5 Å². The van der Waals surface area contributed by atoms with Gasteiger partial charge >= 0.3 is 0 Å². The Hall–Kier alpha value is -2.27. The first kappa shape index (κ1) is 18.1. The molecule has 0 unspecified atom stereocenters. The molecule has 140 valence electrons. The van der Waals surface area contributed by atoms with Crippen LogP contribution in [0.5, 0.6) is 0 Å². The molecule has 0 bridgehead atoms. The van der Waals surface area contributed by atoms with Crippen molar-refractivity contribution < 1.29 is 13.2 Å². The number of rotatable bonds is 6. The molecule has 3 heterocycles. The fraction of sp³-hybridized carbons (Fsp3) is 0.188. The molecule has 0 saturated heterocycles. The molecular weight excluding hydrogens is 410 g/mol. The number of ether oxygens (including phenoxy) is 1. The first-order valence-electron chi connectivity index (χ1n) is 7.88. The van der Waals surface area contributed by atoms with Crippen molar-refractivity contribution in [3.63, 3.8) is 0 Å². The predicted molar refractivity (Wildman–Crippen MR) is 103 cm³/mol. The van der Waals surface area contributed by atoms with Crippen molar-refractivity contribution in [3.05, 3.63) is 40.7 Å². The summed E-state index contributed by atoms with van der Waals surface area (Å²) in [7, 11) is -2.32. The minimum absolute atomic E-state index is 0.0403. The van der Waals surface area contributed by atoms with E-state index in [1.54, 1.807) is 19.2 Å². The molecule has 0 fully saturated rings. The molecule has 0 aliphatic carbocycles. The number of hydrogen-bond donors (Lipinski definition) is 1. The summed E-state index contributed by atoms with van der Waals surface area (Å²) < 4.78 is 33.5. The maximum Gasteiger partial charge on any atom is 0.229 e. The van der Waals surface area contributed by atoms with Gasteiger partial charge in [0.25, 0.3) is 0 Å². The SMILES string of the molecule is COCCNc1nc2c(S(=O)(=O)c3cccc(Cl)c3)nnn2c2ccsc12. The lowest BCUT2D eigenvalue weighted by molar-refractivity contribution is 0.210. The molecule has 0 spiro atoms. The first-order valence-corrected chi connectivity index (χ1v) is 10.6. The highest BCUT2D eigenvalue weighted by Crippen LogP contribution is 2.31. The molecule has 11 heteroatoms. The minimum atomic E-state index is -3.93. The Morgan fingerprint density at radius 2 is 2.19 bits per heavy atom. The molecule has 3 aromatic heterocycles. The Kier molecular flexibility index (Phi) is 4.72. The third-order valence-corrected chi connectivity index (χ3v) is 6.68. The summed E-state index contributed by atoms with van der Waals surface area (Å²) in [5.41, 5.74) is 0.880. The first-order chi connectivity index (χ1) is 13.0. The van der Waals surface area contributed by atoms with Crippen molar-refractivity contribution in [2.75, 3.05) is 25.6 Å². The lowest BCUT2D eigenvalue weighted by Gasteiger charge is -2.07. The third-order valence-electron chi connectivity index (χ3n) is 3.88. The van der Waals surface area contributed by atoms with Gasteiger partial charge in [-0.25, -0.2) is 13.4 Å². The molecule has 0 amide bonds. The van der Waals surface area contributed by atoms with Gasteiger partial charge in [0, 0.05) is 18.7 Å². The molecule has 0 aliphatic heterocycles. The molecular formula is C16H14ClN5O3S2. The fourth-order valence-electron chi connectivity index (χ4n) is 2.63. The summed E-state index contributed by atoms with van der Waals surface area (Å²) in [5, 5.41) is 13.1. The van der Waals surface area contributed by atoms with Crippen LogP contribution in [0.4, 0.5) is 5.82 Å². The summed E-state index contributed by atoms with van der Waals surface area (Å²) in [6.45, 7) is 1.02. The zero-order chi connectivity index (χ0) is 19.0. The number of aromatic nitrogens is 4. The van der Waals surface area contributed by atoms with E-state index in [2.05, 4.69) is 20.6 Å². The largest absolute Gasteiger partial charge is 0.383 e. The van der Waals surface area contributed by atoms with Crippen LogP contribution in [0.15, 0.2) is 45.6 Å². The number of hydrogen-bond acceptors (Lipinski definition) is 8.